The number of rotatable bonds is 6. The van der Waals surface area contributed by atoms with E-state index in [0.29, 0.717) is 31.7 Å². The van der Waals surface area contributed by atoms with E-state index in [2.05, 4.69) is 10.5 Å². The van der Waals surface area contributed by atoms with Crippen LogP contribution in [0.5, 0.6) is 11.5 Å². The van der Waals surface area contributed by atoms with Crippen molar-refractivity contribution in [2.24, 2.45) is 5.10 Å². The third-order valence-corrected chi connectivity index (χ3v) is 6.68. The Hall–Kier alpha value is -2.95. The van der Waals surface area contributed by atoms with Crippen LogP contribution in [0.15, 0.2) is 52.5 Å². The molecule has 160 valence electrons. The van der Waals surface area contributed by atoms with E-state index in [1.165, 1.54) is 28.7 Å². The second-order valence-corrected chi connectivity index (χ2v) is 8.97. The van der Waals surface area contributed by atoms with Crippen LogP contribution in [0.4, 0.5) is 0 Å². The maximum Gasteiger partial charge on any atom is 0.254 e. The van der Waals surface area contributed by atoms with Crippen LogP contribution in [0.3, 0.4) is 0 Å². The Bertz CT molecular complexity index is 1030. The molecule has 2 aromatic rings. The van der Waals surface area contributed by atoms with Gasteiger partial charge in [-0.2, -0.15) is 9.41 Å². The Morgan fingerprint density at radius 2 is 1.77 bits per heavy atom. The van der Waals surface area contributed by atoms with Gasteiger partial charge in [-0.1, -0.05) is 17.7 Å². The largest absolute Gasteiger partial charge is 0.508 e. The Morgan fingerprint density at radius 3 is 2.40 bits per heavy atom. The monoisotopic (exact) mass is 432 g/mol. The molecule has 1 heterocycles. The molecule has 10 heteroatoms. The molecule has 0 atom stereocenters. The van der Waals surface area contributed by atoms with Gasteiger partial charge in [-0.05, 0) is 31.2 Å². The lowest BCUT2D eigenvalue weighted by Crippen LogP contribution is -2.50. The van der Waals surface area contributed by atoms with Crippen LogP contribution >= 0.6 is 0 Å². The number of piperazine rings is 1. The zero-order valence-electron chi connectivity index (χ0n) is 16.5. The quantitative estimate of drug-likeness (QED) is 0.460. The summed E-state index contributed by atoms with van der Waals surface area (Å²) in [6, 6.07) is 10.8. The number of amides is 1. The van der Waals surface area contributed by atoms with Crippen molar-refractivity contribution in [1.82, 2.24) is 14.6 Å². The molecule has 30 heavy (non-hydrogen) atoms. The molecule has 0 spiro atoms. The van der Waals surface area contributed by atoms with Crippen LogP contribution < -0.4 is 5.43 Å². The number of aryl methyl sites for hydroxylation is 1. The minimum absolute atomic E-state index is 0.0720. The minimum atomic E-state index is -3.54. The number of carbonyl (C=O) groups excluding carboxylic acids is 1. The van der Waals surface area contributed by atoms with Gasteiger partial charge in [0.15, 0.2) is 0 Å². The van der Waals surface area contributed by atoms with Gasteiger partial charge in [-0.15, -0.1) is 0 Å². The zero-order valence-corrected chi connectivity index (χ0v) is 17.3. The Kier molecular flexibility index (Phi) is 6.70. The van der Waals surface area contributed by atoms with Gasteiger partial charge in [-0.3, -0.25) is 9.69 Å². The van der Waals surface area contributed by atoms with E-state index in [-0.39, 0.29) is 28.8 Å². The van der Waals surface area contributed by atoms with E-state index < -0.39 is 10.0 Å². The fraction of sp³-hybridized carbons (Fsp3) is 0.300. The molecule has 0 aliphatic carbocycles. The van der Waals surface area contributed by atoms with Crippen molar-refractivity contribution in [3.8, 4) is 11.5 Å². The van der Waals surface area contributed by atoms with Gasteiger partial charge in [-0.25, -0.2) is 13.8 Å². The van der Waals surface area contributed by atoms with Crippen molar-refractivity contribution < 1.29 is 23.4 Å². The lowest BCUT2D eigenvalue weighted by molar-refractivity contribution is -0.122. The topological polar surface area (TPSA) is 123 Å². The first-order valence-corrected chi connectivity index (χ1v) is 10.8. The number of nitrogens with one attached hydrogen (secondary N) is 1. The molecule has 1 aliphatic rings. The first kappa shape index (κ1) is 21.8. The molecular weight excluding hydrogens is 408 g/mol. The number of aromatic hydroxyl groups is 2. The van der Waals surface area contributed by atoms with Crippen LogP contribution in [0, 0.1) is 6.92 Å². The number of benzene rings is 2. The lowest BCUT2D eigenvalue weighted by atomic mass is 10.2. The normalized spacial score (nSPS) is 16.0. The van der Waals surface area contributed by atoms with E-state index in [0.717, 1.165) is 5.56 Å². The molecular formula is C20H24N4O5S. The summed E-state index contributed by atoms with van der Waals surface area (Å²) in [7, 11) is -3.54. The van der Waals surface area contributed by atoms with Crippen LogP contribution in [-0.2, 0) is 14.8 Å². The van der Waals surface area contributed by atoms with E-state index >= 15 is 0 Å². The van der Waals surface area contributed by atoms with Crippen LogP contribution in [0.2, 0.25) is 0 Å². The maximum absolute atomic E-state index is 12.7. The van der Waals surface area contributed by atoms with Gasteiger partial charge in [0.05, 0.1) is 17.7 Å². The van der Waals surface area contributed by atoms with Crippen LogP contribution in [0.1, 0.15) is 11.1 Å². The number of nitrogens with zero attached hydrogens (tertiary/aromatic N) is 3. The molecule has 0 saturated carbocycles. The van der Waals surface area contributed by atoms with E-state index in [1.807, 2.05) is 11.8 Å². The number of sulfonamides is 1. The number of phenolic OH excluding ortho intramolecular Hbond substituents is 2. The molecule has 1 saturated heterocycles. The Morgan fingerprint density at radius 1 is 1.10 bits per heavy atom. The first-order chi connectivity index (χ1) is 14.3. The smallest absolute Gasteiger partial charge is 0.254 e. The average molecular weight is 433 g/mol. The second kappa shape index (κ2) is 9.24. The molecule has 1 aliphatic heterocycles. The molecule has 2 aromatic carbocycles. The van der Waals surface area contributed by atoms with Gasteiger partial charge in [0, 0.05) is 37.8 Å². The predicted molar refractivity (Wildman–Crippen MR) is 112 cm³/mol. The average Bonchev–Trinajstić information content (AvgIpc) is 2.70. The number of hydrazone groups is 1. The van der Waals surface area contributed by atoms with Gasteiger partial charge in [0.2, 0.25) is 10.0 Å². The van der Waals surface area contributed by atoms with Crippen LogP contribution in [0.25, 0.3) is 0 Å². The number of hydrogen-bond donors (Lipinski definition) is 3. The highest BCUT2D eigenvalue weighted by atomic mass is 32.2. The Labute approximate surface area is 175 Å². The van der Waals surface area contributed by atoms with Crippen molar-refractivity contribution >= 4 is 22.1 Å². The van der Waals surface area contributed by atoms with E-state index in [9.17, 15) is 23.4 Å². The van der Waals surface area contributed by atoms with E-state index in [4.69, 9.17) is 0 Å². The van der Waals surface area contributed by atoms with Gasteiger partial charge >= 0.3 is 0 Å². The summed E-state index contributed by atoms with van der Waals surface area (Å²) in [6.45, 7) is 3.44. The summed E-state index contributed by atoms with van der Waals surface area (Å²) in [5.41, 5.74) is 3.72. The highest BCUT2D eigenvalue weighted by Gasteiger charge is 2.28. The van der Waals surface area contributed by atoms with Gasteiger partial charge < -0.3 is 10.2 Å². The fourth-order valence-electron chi connectivity index (χ4n) is 3.04. The lowest BCUT2D eigenvalue weighted by Gasteiger charge is -2.33. The molecule has 0 radical (unpaired) electrons. The molecule has 9 nitrogen and oxygen atoms in total. The molecule has 0 aromatic heterocycles. The number of phenols is 2. The molecule has 1 fully saturated rings. The van der Waals surface area contributed by atoms with Crippen molar-refractivity contribution in [2.75, 3.05) is 32.7 Å². The number of carbonyl (C=O) groups is 1. The molecule has 0 unspecified atom stereocenters. The SMILES string of the molecule is Cc1ccc(S(=O)(=O)N2CCN(CC(=O)N/N=C\c3ccc(O)cc3O)CC2)cc1. The van der Waals surface area contributed by atoms with Gasteiger partial charge in [0.1, 0.15) is 11.5 Å². The predicted octanol–water partition coefficient (Wildman–Crippen LogP) is 0.863. The van der Waals surface area contributed by atoms with Gasteiger partial charge in [0.25, 0.3) is 5.91 Å². The summed E-state index contributed by atoms with van der Waals surface area (Å²) in [5.74, 6) is -0.574. The fourth-order valence-corrected chi connectivity index (χ4v) is 4.46. The zero-order chi connectivity index (χ0) is 21.7. The third-order valence-electron chi connectivity index (χ3n) is 4.76. The highest BCUT2D eigenvalue weighted by Crippen LogP contribution is 2.21. The minimum Gasteiger partial charge on any atom is -0.508 e. The molecule has 3 rings (SSSR count). The summed E-state index contributed by atoms with van der Waals surface area (Å²) in [6.07, 6.45) is 1.28. The van der Waals surface area contributed by atoms with Crippen molar-refractivity contribution in [1.29, 1.82) is 0 Å². The van der Waals surface area contributed by atoms with Crippen LogP contribution in [-0.4, -0.2) is 72.7 Å². The molecule has 0 bridgehead atoms. The number of hydrogen-bond acceptors (Lipinski definition) is 7. The molecule has 3 N–H and O–H groups in total. The molecule has 1 amide bonds. The highest BCUT2D eigenvalue weighted by molar-refractivity contribution is 7.89. The third kappa shape index (κ3) is 5.35. The first-order valence-electron chi connectivity index (χ1n) is 9.39. The standard InChI is InChI=1S/C20H24N4O5S/c1-15-2-6-18(7-3-15)30(28,29)24-10-8-23(9-11-24)14-20(27)22-21-13-16-4-5-17(25)12-19(16)26/h2-7,12-13,25-26H,8-11,14H2,1H3,(H,22,27)/b21-13-. The maximum atomic E-state index is 12.7. The second-order valence-electron chi connectivity index (χ2n) is 7.03. The van der Waals surface area contributed by atoms with Crippen molar-refractivity contribution in [3.05, 3.63) is 53.6 Å². The van der Waals surface area contributed by atoms with Crippen molar-refractivity contribution in [2.45, 2.75) is 11.8 Å². The Balaban J connectivity index is 1.48. The van der Waals surface area contributed by atoms with E-state index in [1.54, 1.807) is 24.3 Å². The summed E-state index contributed by atoms with van der Waals surface area (Å²) in [5, 5.41) is 22.7. The summed E-state index contributed by atoms with van der Waals surface area (Å²) >= 11 is 0. The summed E-state index contributed by atoms with van der Waals surface area (Å²) < 4.78 is 26.9. The van der Waals surface area contributed by atoms with Crippen molar-refractivity contribution in [3.63, 3.8) is 0 Å². The summed E-state index contributed by atoms with van der Waals surface area (Å²) in [4.78, 5) is 14.2.